The number of fused-ring (bicyclic) bond motifs is 1. The van der Waals surface area contributed by atoms with E-state index in [1.807, 2.05) is 0 Å². The van der Waals surface area contributed by atoms with Gasteiger partial charge in [0.25, 0.3) is 5.60 Å². The summed E-state index contributed by atoms with van der Waals surface area (Å²) in [4.78, 5) is 11.4. The third kappa shape index (κ3) is 5.25. The van der Waals surface area contributed by atoms with E-state index in [2.05, 4.69) is 4.74 Å². The number of hydrogen-bond donors (Lipinski definition) is 1. The fourth-order valence-corrected chi connectivity index (χ4v) is 5.23. The highest BCUT2D eigenvalue weighted by Gasteiger charge is 2.75. The van der Waals surface area contributed by atoms with Gasteiger partial charge in [-0.2, -0.15) is 26.3 Å². The number of ether oxygens (including phenoxy) is 2. The van der Waals surface area contributed by atoms with Gasteiger partial charge in [0.1, 0.15) is 5.75 Å². The van der Waals surface area contributed by atoms with Gasteiger partial charge in [-0.25, -0.2) is 0 Å². The molecule has 1 aromatic carbocycles. The van der Waals surface area contributed by atoms with Crippen LogP contribution in [0.1, 0.15) is 68.2 Å². The molecule has 2 heterocycles. The number of hydrogen-bond acceptors (Lipinski definition) is 5. The average Bonchev–Trinajstić information content (AvgIpc) is 3.33. The molecule has 36 heavy (non-hydrogen) atoms. The van der Waals surface area contributed by atoms with Crippen LogP contribution in [0.3, 0.4) is 0 Å². The van der Waals surface area contributed by atoms with Crippen LogP contribution in [0.25, 0.3) is 0 Å². The lowest BCUT2D eigenvalue weighted by Gasteiger charge is -2.34. The van der Waals surface area contributed by atoms with Crippen molar-refractivity contribution in [2.24, 2.45) is 0 Å². The third-order valence-corrected chi connectivity index (χ3v) is 6.99. The summed E-state index contributed by atoms with van der Waals surface area (Å²) in [5.74, 6) is 0.247. The predicted octanol–water partition coefficient (Wildman–Crippen LogP) is 6.62. The molecule has 1 aromatic heterocycles. The molecule has 0 bridgehead atoms. The van der Waals surface area contributed by atoms with Crippen molar-refractivity contribution < 1.29 is 40.9 Å². The summed E-state index contributed by atoms with van der Waals surface area (Å²) >= 11 is 0.903. The highest BCUT2D eigenvalue weighted by Crippen LogP contribution is 2.58. The highest BCUT2D eigenvalue weighted by atomic mass is 32.1. The highest BCUT2D eigenvalue weighted by molar-refractivity contribution is 7.07. The Morgan fingerprint density at radius 3 is 2.31 bits per heavy atom. The van der Waals surface area contributed by atoms with Crippen molar-refractivity contribution in [1.82, 2.24) is 4.57 Å². The second kappa shape index (κ2) is 11.0. The minimum atomic E-state index is -5.68. The summed E-state index contributed by atoms with van der Waals surface area (Å²) < 4.78 is 95.1. The summed E-state index contributed by atoms with van der Waals surface area (Å²) in [5.41, 5.74) is -4.71. The van der Waals surface area contributed by atoms with Crippen LogP contribution in [0.2, 0.25) is 0 Å². The number of aromatic hydroxyl groups is 1. The van der Waals surface area contributed by atoms with Gasteiger partial charge < -0.3 is 14.6 Å². The van der Waals surface area contributed by atoms with Gasteiger partial charge in [-0.15, -0.1) is 0 Å². The SMILES string of the molecule is CCCc1cc2c(c(CCC)c1OCCCCCn1c(O)csc1=O)COC2(C(F)(F)F)C(F)(F)F. The Balaban J connectivity index is 1.86. The Morgan fingerprint density at radius 1 is 1.08 bits per heavy atom. The zero-order chi connectivity index (χ0) is 26.7. The third-order valence-electron chi connectivity index (χ3n) is 6.24. The standard InChI is InChI=1S/C24H29F6NO4S/c1-3-8-15-12-18-17(13-35-22(18,23(25,26)27)24(28,29)30)16(9-4-2)20(15)34-11-7-5-6-10-31-19(32)14-36-21(31)33/h12,14,32H,3-11,13H2,1-2H3. The minimum Gasteiger partial charge on any atom is -0.494 e. The van der Waals surface area contributed by atoms with Crippen molar-refractivity contribution in [1.29, 1.82) is 0 Å². The first-order chi connectivity index (χ1) is 16.9. The molecule has 0 amide bonds. The van der Waals surface area contributed by atoms with E-state index in [1.165, 1.54) is 9.95 Å². The Labute approximate surface area is 208 Å². The van der Waals surface area contributed by atoms with Crippen LogP contribution in [-0.2, 0) is 36.3 Å². The largest absolute Gasteiger partial charge is 0.494 e. The molecular formula is C24H29F6NO4S. The average molecular weight is 542 g/mol. The molecule has 1 aliphatic rings. The summed E-state index contributed by atoms with van der Waals surface area (Å²) in [6.45, 7) is 3.33. The van der Waals surface area contributed by atoms with Crippen molar-refractivity contribution in [2.45, 2.75) is 89.9 Å². The molecule has 0 saturated heterocycles. The molecule has 202 valence electrons. The van der Waals surface area contributed by atoms with Crippen LogP contribution >= 0.6 is 11.3 Å². The maximum absolute atomic E-state index is 13.9. The molecule has 0 radical (unpaired) electrons. The molecule has 0 atom stereocenters. The number of aryl methyl sites for hydroxylation is 1. The Hall–Kier alpha value is -2.21. The van der Waals surface area contributed by atoms with Crippen molar-refractivity contribution in [2.75, 3.05) is 6.61 Å². The van der Waals surface area contributed by atoms with Gasteiger partial charge in [-0.1, -0.05) is 38.0 Å². The van der Waals surface area contributed by atoms with Crippen LogP contribution in [0.15, 0.2) is 16.2 Å². The van der Waals surface area contributed by atoms with Gasteiger partial charge in [-0.05, 0) is 49.3 Å². The first-order valence-corrected chi connectivity index (χ1v) is 12.7. The molecule has 12 heteroatoms. The second-order valence-corrected chi connectivity index (χ2v) is 9.58. The van der Waals surface area contributed by atoms with Crippen molar-refractivity contribution in [3.8, 4) is 11.6 Å². The number of unbranched alkanes of at least 4 members (excludes halogenated alkanes) is 2. The zero-order valence-corrected chi connectivity index (χ0v) is 20.8. The van der Waals surface area contributed by atoms with Crippen molar-refractivity contribution in [3.05, 3.63) is 43.4 Å². The number of benzene rings is 1. The number of aromatic nitrogens is 1. The van der Waals surface area contributed by atoms with Crippen LogP contribution in [0.5, 0.6) is 11.6 Å². The van der Waals surface area contributed by atoms with E-state index < -0.39 is 30.1 Å². The Kier molecular flexibility index (Phi) is 8.70. The van der Waals surface area contributed by atoms with Gasteiger partial charge in [0.2, 0.25) is 5.88 Å². The molecule has 3 rings (SSSR count). The molecular weight excluding hydrogens is 512 g/mol. The number of rotatable bonds is 11. The van der Waals surface area contributed by atoms with Crippen LogP contribution in [0.4, 0.5) is 26.3 Å². The van der Waals surface area contributed by atoms with Gasteiger partial charge >= 0.3 is 17.2 Å². The lowest BCUT2D eigenvalue weighted by atomic mass is 9.84. The molecule has 1 aliphatic heterocycles. The zero-order valence-electron chi connectivity index (χ0n) is 20.0. The molecule has 5 nitrogen and oxygen atoms in total. The van der Waals surface area contributed by atoms with E-state index in [9.17, 15) is 36.2 Å². The van der Waals surface area contributed by atoms with Crippen molar-refractivity contribution >= 4 is 11.3 Å². The monoisotopic (exact) mass is 541 g/mol. The summed E-state index contributed by atoms with van der Waals surface area (Å²) in [6.07, 6.45) is -8.04. The van der Waals surface area contributed by atoms with E-state index in [1.54, 1.807) is 13.8 Å². The van der Waals surface area contributed by atoms with Crippen molar-refractivity contribution in [3.63, 3.8) is 0 Å². The molecule has 0 fully saturated rings. The fourth-order valence-electron chi connectivity index (χ4n) is 4.59. The van der Waals surface area contributed by atoms with Gasteiger partial charge in [0, 0.05) is 17.7 Å². The maximum Gasteiger partial charge on any atom is 0.430 e. The maximum atomic E-state index is 13.9. The van der Waals surface area contributed by atoms with E-state index in [0.29, 0.717) is 55.5 Å². The Morgan fingerprint density at radius 2 is 1.75 bits per heavy atom. The number of halogens is 6. The molecule has 0 spiro atoms. The fraction of sp³-hybridized carbons (Fsp3) is 0.625. The molecule has 0 aliphatic carbocycles. The predicted molar refractivity (Wildman–Crippen MR) is 123 cm³/mol. The lowest BCUT2D eigenvalue weighted by Crippen LogP contribution is -2.53. The van der Waals surface area contributed by atoms with E-state index >= 15 is 0 Å². The molecule has 1 N–H and O–H groups in total. The van der Waals surface area contributed by atoms with Gasteiger partial charge in [0.15, 0.2) is 0 Å². The van der Waals surface area contributed by atoms with Crippen LogP contribution < -0.4 is 9.61 Å². The molecule has 0 unspecified atom stereocenters. The van der Waals surface area contributed by atoms with E-state index in [4.69, 9.17) is 4.74 Å². The number of alkyl halides is 6. The molecule has 2 aromatic rings. The summed E-state index contributed by atoms with van der Waals surface area (Å²) in [6, 6.07) is 0.965. The van der Waals surface area contributed by atoms with Crippen LogP contribution in [-0.4, -0.2) is 28.6 Å². The first-order valence-electron chi connectivity index (χ1n) is 11.8. The minimum absolute atomic E-state index is 0.0937. The smallest absolute Gasteiger partial charge is 0.430 e. The topological polar surface area (TPSA) is 60.7 Å². The molecule has 0 saturated carbocycles. The van der Waals surface area contributed by atoms with Gasteiger partial charge in [-0.3, -0.25) is 9.36 Å². The number of nitrogens with zero attached hydrogens (tertiary/aromatic N) is 1. The summed E-state index contributed by atoms with van der Waals surface area (Å²) in [7, 11) is 0. The summed E-state index contributed by atoms with van der Waals surface area (Å²) in [5, 5.41) is 11.0. The second-order valence-electron chi connectivity index (χ2n) is 8.76. The van der Waals surface area contributed by atoms with Gasteiger partial charge in [0.05, 0.1) is 18.6 Å². The first kappa shape index (κ1) is 28.4. The van der Waals surface area contributed by atoms with E-state index in [-0.39, 0.29) is 35.8 Å². The lowest BCUT2D eigenvalue weighted by molar-refractivity contribution is -0.385. The van der Waals surface area contributed by atoms with Crippen LogP contribution in [0, 0.1) is 0 Å². The Bertz CT molecular complexity index is 1090. The quantitative estimate of drug-likeness (QED) is 0.257. The van der Waals surface area contributed by atoms with E-state index in [0.717, 1.165) is 17.4 Å². The normalized spacial score (nSPS) is 15.3. The number of thiazole rings is 1.